The average Bonchev–Trinajstić information content (AvgIpc) is 3.19. The van der Waals surface area contributed by atoms with Crippen molar-refractivity contribution in [1.82, 2.24) is 24.9 Å². The van der Waals surface area contributed by atoms with Gasteiger partial charge in [-0.25, -0.2) is 13.8 Å². The van der Waals surface area contributed by atoms with Crippen molar-refractivity contribution >= 4 is 38.3 Å². The number of pyridine rings is 1. The number of para-hydroxylation sites is 1. The molecule has 0 atom stereocenters. The minimum atomic E-state index is -2.54. The van der Waals surface area contributed by atoms with Crippen LogP contribution in [-0.4, -0.2) is 31.5 Å². The molecule has 1 aliphatic rings. The molecule has 5 rings (SSSR count). The maximum atomic E-state index is 13.4. The Labute approximate surface area is 186 Å². The Morgan fingerprint density at radius 2 is 1.97 bits per heavy atom. The number of hydrogen-bond donors (Lipinski definition) is 2. The number of halogens is 3. The summed E-state index contributed by atoms with van der Waals surface area (Å²) in [7, 11) is 0. The highest BCUT2D eigenvalue weighted by Gasteiger charge is 2.34. The number of nitrogens with one attached hydrogen (secondary N) is 1. The van der Waals surface area contributed by atoms with Gasteiger partial charge in [0, 0.05) is 48.1 Å². The number of rotatable bonds is 4. The maximum Gasteiger partial charge on any atom is 0.248 e. The van der Waals surface area contributed by atoms with E-state index in [2.05, 4.69) is 37.4 Å². The molecule has 9 heteroatoms. The zero-order chi connectivity index (χ0) is 21.6. The summed E-state index contributed by atoms with van der Waals surface area (Å²) >= 11 is 3.52. The molecule has 6 nitrogen and oxygen atoms in total. The van der Waals surface area contributed by atoms with Gasteiger partial charge in [-0.3, -0.25) is 4.98 Å². The van der Waals surface area contributed by atoms with Gasteiger partial charge in [0.15, 0.2) is 5.65 Å². The molecule has 1 saturated carbocycles. The van der Waals surface area contributed by atoms with E-state index in [1.807, 2.05) is 24.3 Å². The molecule has 0 bridgehead atoms. The molecule has 1 aliphatic carbocycles. The summed E-state index contributed by atoms with van der Waals surface area (Å²) in [5.41, 5.74) is 10.3. The zero-order valence-corrected chi connectivity index (χ0v) is 18.2. The molecule has 0 radical (unpaired) electrons. The number of alkyl halides is 2. The van der Waals surface area contributed by atoms with E-state index in [0.29, 0.717) is 35.3 Å². The second-order valence-corrected chi connectivity index (χ2v) is 8.77. The predicted octanol–water partition coefficient (Wildman–Crippen LogP) is 4.96. The smallest absolute Gasteiger partial charge is 0.248 e. The van der Waals surface area contributed by atoms with Gasteiger partial charge in [0.25, 0.3) is 0 Å². The lowest BCUT2D eigenvalue weighted by Gasteiger charge is -2.29. The van der Waals surface area contributed by atoms with Crippen LogP contribution in [0.4, 0.5) is 14.6 Å². The van der Waals surface area contributed by atoms with E-state index < -0.39 is 5.92 Å². The first-order valence-corrected chi connectivity index (χ1v) is 11.0. The van der Waals surface area contributed by atoms with Gasteiger partial charge < -0.3 is 11.1 Å². The molecule has 0 amide bonds. The molecule has 1 aromatic carbocycles. The van der Waals surface area contributed by atoms with Crippen LogP contribution >= 0.6 is 15.9 Å². The number of anilines is 1. The highest BCUT2D eigenvalue weighted by Crippen LogP contribution is 2.34. The number of benzene rings is 1. The summed E-state index contributed by atoms with van der Waals surface area (Å²) in [6.07, 6.45) is 4.27. The Kier molecular flexibility index (Phi) is 5.10. The van der Waals surface area contributed by atoms with Gasteiger partial charge in [0.2, 0.25) is 5.92 Å². The van der Waals surface area contributed by atoms with Gasteiger partial charge in [0.05, 0.1) is 21.9 Å². The van der Waals surface area contributed by atoms with Crippen molar-refractivity contribution in [2.75, 3.05) is 5.73 Å². The Bertz CT molecular complexity index is 1260. The number of aromatic nitrogens is 4. The first-order valence-electron chi connectivity index (χ1n) is 10.2. The number of fused-ring (bicyclic) bond motifs is 2. The number of nitrogens with two attached hydrogens (primary N) is 1. The summed E-state index contributed by atoms with van der Waals surface area (Å²) in [5.74, 6) is -2.10. The molecule has 0 spiro atoms. The summed E-state index contributed by atoms with van der Waals surface area (Å²) < 4.78 is 29.1. The van der Waals surface area contributed by atoms with Crippen molar-refractivity contribution in [3.63, 3.8) is 0 Å². The minimum absolute atomic E-state index is 0.0415. The molecule has 0 unspecified atom stereocenters. The normalized spacial score (nSPS) is 16.9. The van der Waals surface area contributed by atoms with Crippen LogP contribution in [0.25, 0.3) is 27.7 Å². The Hall–Kier alpha value is -2.65. The van der Waals surface area contributed by atoms with Crippen molar-refractivity contribution in [3.05, 3.63) is 52.9 Å². The summed E-state index contributed by atoms with van der Waals surface area (Å²) in [4.78, 5) is 9.34. The van der Waals surface area contributed by atoms with Gasteiger partial charge in [0.1, 0.15) is 5.82 Å². The fourth-order valence-electron chi connectivity index (χ4n) is 4.07. The Morgan fingerprint density at radius 3 is 2.77 bits per heavy atom. The van der Waals surface area contributed by atoms with Crippen molar-refractivity contribution < 1.29 is 8.78 Å². The van der Waals surface area contributed by atoms with Gasteiger partial charge in [-0.05, 0) is 40.9 Å². The maximum absolute atomic E-state index is 13.4. The third-order valence-corrected chi connectivity index (χ3v) is 6.73. The van der Waals surface area contributed by atoms with E-state index in [1.165, 1.54) is 0 Å². The third kappa shape index (κ3) is 3.87. The van der Waals surface area contributed by atoms with Crippen LogP contribution in [0.3, 0.4) is 0 Å². The van der Waals surface area contributed by atoms with E-state index in [1.54, 1.807) is 16.9 Å². The number of hydrogen-bond acceptors (Lipinski definition) is 5. The first kappa shape index (κ1) is 20.3. The molecule has 3 N–H and O–H groups in total. The van der Waals surface area contributed by atoms with Gasteiger partial charge in [-0.2, -0.15) is 9.61 Å². The quantitative estimate of drug-likeness (QED) is 0.426. The average molecular weight is 487 g/mol. The van der Waals surface area contributed by atoms with Crippen LogP contribution in [-0.2, 0) is 6.54 Å². The van der Waals surface area contributed by atoms with E-state index in [-0.39, 0.29) is 18.9 Å². The van der Waals surface area contributed by atoms with Crippen LogP contribution in [0, 0.1) is 0 Å². The standard InChI is InChI=1S/C22H21BrF2N6/c23-19-18(12-27-15-5-7-22(24,25)8-6-15)30-21-16(11-29-31(21)20(19)26)14-9-13-3-1-2-4-17(13)28-10-14/h1-4,9-11,15,27H,5-8,12,26H2. The Balaban J connectivity index is 1.47. The largest absolute Gasteiger partial charge is 0.383 e. The lowest BCUT2D eigenvalue weighted by molar-refractivity contribution is -0.0405. The van der Waals surface area contributed by atoms with E-state index in [9.17, 15) is 8.78 Å². The Morgan fingerprint density at radius 1 is 1.19 bits per heavy atom. The van der Waals surface area contributed by atoms with E-state index >= 15 is 0 Å². The summed E-state index contributed by atoms with van der Waals surface area (Å²) in [5, 5.41) is 8.80. The van der Waals surface area contributed by atoms with Crippen LogP contribution in [0.15, 0.2) is 47.2 Å². The summed E-state index contributed by atoms with van der Waals surface area (Å²) in [6.45, 7) is 0.429. The molecule has 1 fully saturated rings. The number of nitrogens with zero attached hydrogens (tertiary/aromatic N) is 4. The lowest BCUT2D eigenvalue weighted by Crippen LogP contribution is -2.36. The second kappa shape index (κ2) is 7.80. The van der Waals surface area contributed by atoms with Gasteiger partial charge >= 0.3 is 0 Å². The molecular formula is C22H21BrF2N6. The zero-order valence-electron chi connectivity index (χ0n) is 16.7. The third-order valence-electron chi connectivity index (χ3n) is 5.87. The fraction of sp³-hybridized carbons (Fsp3) is 0.318. The second-order valence-electron chi connectivity index (χ2n) is 7.98. The predicted molar refractivity (Wildman–Crippen MR) is 120 cm³/mol. The highest BCUT2D eigenvalue weighted by molar-refractivity contribution is 9.10. The molecule has 160 valence electrons. The van der Waals surface area contributed by atoms with Crippen molar-refractivity contribution in [2.24, 2.45) is 0 Å². The molecule has 0 saturated heterocycles. The van der Waals surface area contributed by atoms with Crippen LogP contribution in [0.1, 0.15) is 31.4 Å². The van der Waals surface area contributed by atoms with Crippen molar-refractivity contribution in [3.8, 4) is 11.1 Å². The van der Waals surface area contributed by atoms with Gasteiger partial charge in [-0.1, -0.05) is 18.2 Å². The van der Waals surface area contributed by atoms with Crippen molar-refractivity contribution in [1.29, 1.82) is 0 Å². The molecule has 4 aromatic rings. The molecule has 3 aromatic heterocycles. The minimum Gasteiger partial charge on any atom is -0.383 e. The van der Waals surface area contributed by atoms with Crippen LogP contribution < -0.4 is 11.1 Å². The van der Waals surface area contributed by atoms with E-state index in [4.69, 9.17) is 10.7 Å². The lowest BCUT2D eigenvalue weighted by atomic mass is 9.92. The highest BCUT2D eigenvalue weighted by atomic mass is 79.9. The summed E-state index contributed by atoms with van der Waals surface area (Å²) in [6, 6.07) is 10.0. The SMILES string of the molecule is Nc1c(Br)c(CNC2CCC(F)(F)CC2)nc2c(-c3cnc4ccccc4c3)cnn12. The van der Waals surface area contributed by atoms with Crippen molar-refractivity contribution in [2.45, 2.75) is 44.2 Å². The molecular weight excluding hydrogens is 466 g/mol. The fourth-order valence-corrected chi connectivity index (χ4v) is 4.46. The molecule has 3 heterocycles. The molecule has 0 aliphatic heterocycles. The first-order chi connectivity index (χ1) is 14.9. The van der Waals surface area contributed by atoms with Gasteiger partial charge in [-0.15, -0.1) is 0 Å². The molecule has 31 heavy (non-hydrogen) atoms. The number of nitrogen functional groups attached to an aromatic ring is 1. The topological polar surface area (TPSA) is 81.1 Å². The van der Waals surface area contributed by atoms with Crippen LogP contribution in [0.5, 0.6) is 0 Å². The monoisotopic (exact) mass is 486 g/mol. The van der Waals surface area contributed by atoms with Crippen LogP contribution in [0.2, 0.25) is 0 Å². The van der Waals surface area contributed by atoms with E-state index in [0.717, 1.165) is 27.7 Å².